The number of hydrogen-bond acceptors (Lipinski definition) is 2. The number of nitrogens with zero attached hydrogens (tertiary/aromatic N) is 2. The third-order valence-electron chi connectivity index (χ3n) is 5.91. The van der Waals surface area contributed by atoms with Crippen LogP contribution in [0.4, 0.5) is 0 Å². The minimum atomic E-state index is -0.598. The number of hydrogen-bond donors (Lipinski definition) is 0. The van der Waals surface area contributed by atoms with Crippen LogP contribution in [0.2, 0.25) is 5.02 Å². The van der Waals surface area contributed by atoms with Crippen LogP contribution in [0.3, 0.4) is 0 Å². The zero-order valence-electron chi connectivity index (χ0n) is 16.1. The van der Waals surface area contributed by atoms with Gasteiger partial charge in [-0.15, -0.1) is 0 Å². The van der Waals surface area contributed by atoms with Crippen LogP contribution in [0.1, 0.15) is 48.4 Å². The average molecular weight is 397 g/mol. The number of rotatable bonds is 4. The highest BCUT2D eigenvalue weighted by Crippen LogP contribution is 2.34. The Hall–Kier alpha value is -2.33. The first-order valence-electron chi connectivity index (χ1n) is 9.94. The van der Waals surface area contributed by atoms with Crippen molar-refractivity contribution in [3.05, 3.63) is 70.2 Å². The number of piperazine rings is 1. The summed E-state index contributed by atoms with van der Waals surface area (Å²) in [6, 6.07) is 15.0. The van der Waals surface area contributed by atoms with Crippen molar-refractivity contribution >= 4 is 23.4 Å². The average Bonchev–Trinajstić information content (AvgIpc) is 3.22. The molecule has 1 aliphatic carbocycles. The van der Waals surface area contributed by atoms with Crippen molar-refractivity contribution < 1.29 is 9.59 Å². The Morgan fingerprint density at radius 1 is 1.00 bits per heavy atom. The number of carbonyl (C=O) groups is 2. The van der Waals surface area contributed by atoms with Crippen molar-refractivity contribution in [3.8, 4) is 0 Å². The summed E-state index contributed by atoms with van der Waals surface area (Å²) in [6.07, 6.45) is 4.23. The van der Waals surface area contributed by atoms with Gasteiger partial charge in [0.1, 0.15) is 12.6 Å². The molecule has 5 heteroatoms. The van der Waals surface area contributed by atoms with Gasteiger partial charge in [-0.2, -0.15) is 0 Å². The molecule has 146 valence electrons. The maximum absolute atomic E-state index is 13.5. The SMILES string of the molecule is Cc1ccc(C2C(=O)N(C3CCCC3)CC(=O)N2Cc2ccccc2Cl)cc1. The molecule has 0 spiro atoms. The van der Waals surface area contributed by atoms with Gasteiger partial charge in [-0.25, -0.2) is 0 Å². The van der Waals surface area contributed by atoms with Crippen molar-refractivity contribution in [1.82, 2.24) is 9.80 Å². The lowest BCUT2D eigenvalue weighted by molar-refractivity contribution is -0.159. The molecule has 4 rings (SSSR count). The molecule has 2 aliphatic rings. The highest BCUT2D eigenvalue weighted by Gasteiger charge is 2.43. The highest BCUT2D eigenvalue weighted by molar-refractivity contribution is 6.31. The van der Waals surface area contributed by atoms with Gasteiger partial charge in [0.15, 0.2) is 0 Å². The van der Waals surface area contributed by atoms with Gasteiger partial charge in [0, 0.05) is 17.6 Å². The maximum atomic E-state index is 13.5. The van der Waals surface area contributed by atoms with E-state index in [1.54, 1.807) is 4.90 Å². The number of benzene rings is 2. The van der Waals surface area contributed by atoms with E-state index in [-0.39, 0.29) is 24.4 Å². The molecule has 1 unspecified atom stereocenters. The van der Waals surface area contributed by atoms with E-state index in [4.69, 9.17) is 11.6 Å². The molecule has 1 atom stereocenters. The molecule has 1 saturated heterocycles. The van der Waals surface area contributed by atoms with Crippen LogP contribution in [-0.2, 0) is 16.1 Å². The van der Waals surface area contributed by atoms with Crippen molar-refractivity contribution in [2.75, 3.05) is 6.54 Å². The molecule has 4 nitrogen and oxygen atoms in total. The summed E-state index contributed by atoms with van der Waals surface area (Å²) < 4.78 is 0. The molecule has 1 heterocycles. The second-order valence-electron chi connectivity index (χ2n) is 7.83. The zero-order valence-corrected chi connectivity index (χ0v) is 16.9. The molecule has 2 aromatic carbocycles. The summed E-state index contributed by atoms with van der Waals surface area (Å²) in [7, 11) is 0. The minimum Gasteiger partial charge on any atom is -0.328 e. The van der Waals surface area contributed by atoms with Crippen molar-refractivity contribution in [1.29, 1.82) is 0 Å². The molecule has 1 aliphatic heterocycles. The molecule has 0 radical (unpaired) electrons. The van der Waals surface area contributed by atoms with Crippen molar-refractivity contribution in [3.63, 3.8) is 0 Å². The number of halogens is 1. The van der Waals surface area contributed by atoms with Gasteiger partial charge in [-0.1, -0.05) is 72.5 Å². The molecule has 0 bridgehead atoms. The Kier molecular flexibility index (Phi) is 5.40. The summed E-state index contributed by atoms with van der Waals surface area (Å²) in [5.74, 6) is 0.0133. The fourth-order valence-corrected chi connectivity index (χ4v) is 4.53. The second-order valence-corrected chi connectivity index (χ2v) is 8.24. The summed E-state index contributed by atoms with van der Waals surface area (Å²) in [6.45, 7) is 2.52. The van der Waals surface area contributed by atoms with Gasteiger partial charge < -0.3 is 9.80 Å². The van der Waals surface area contributed by atoms with E-state index in [1.807, 2.05) is 60.4 Å². The van der Waals surface area contributed by atoms with Gasteiger partial charge in [-0.05, 0) is 37.0 Å². The first-order valence-corrected chi connectivity index (χ1v) is 10.3. The minimum absolute atomic E-state index is 0.0167. The van der Waals surface area contributed by atoms with E-state index >= 15 is 0 Å². The standard InChI is InChI=1S/C23H25ClN2O2/c1-16-10-12-17(13-11-16)22-23(28)25(19-7-3-4-8-19)15-21(27)26(22)14-18-6-2-5-9-20(18)24/h2,5-6,9-13,19,22H,3-4,7-8,14-15H2,1H3. The Bertz CT molecular complexity index is 874. The Morgan fingerprint density at radius 3 is 2.36 bits per heavy atom. The maximum Gasteiger partial charge on any atom is 0.250 e. The summed E-state index contributed by atoms with van der Waals surface area (Å²) in [5.41, 5.74) is 2.85. The summed E-state index contributed by atoms with van der Waals surface area (Å²) in [4.78, 5) is 30.2. The topological polar surface area (TPSA) is 40.6 Å². The van der Waals surface area contributed by atoms with Gasteiger partial charge >= 0.3 is 0 Å². The van der Waals surface area contributed by atoms with E-state index in [0.717, 1.165) is 42.4 Å². The third kappa shape index (κ3) is 3.66. The van der Waals surface area contributed by atoms with E-state index < -0.39 is 6.04 Å². The monoisotopic (exact) mass is 396 g/mol. The van der Waals surface area contributed by atoms with Crippen molar-refractivity contribution in [2.45, 2.75) is 51.2 Å². The normalized spacial score (nSPS) is 20.9. The van der Waals surface area contributed by atoms with Crippen molar-refractivity contribution in [2.24, 2.45) is 0 Å². The van der Waals surface area contributed by atoms with Crippen LogP contribution >= 0.6 is 11.6 Å². The van der Waals surface area contributed by atoms with Gasteiger partial charge in [0.2, 0.25) is 5.91 Å². The lowest BCUT2D eigenvalue weighted by Crippen LogP contribution is -2.57. The molecular formula is C23H25ClN2O2. The van der Waals surface area contributed by atoms with Crippen LogP contribution in [0, 0.1) is 6.92 Å². The third-order valence-corrected chi connectivity index (χ3v) is 6.28. The predicted octanol–water partition coefficient (Wildman–Crippen LogP) is 4.50. The van der Waals surface area contributed by atoms with Crippen LogP contribution < -0.4 is 0 Å². The van der Waals surface area contributed by atoms with Gasteiger partial charge in [-0.3, -0.25) is 9.59 Å². The smallest absolute Gasteiger partial charge is 0.250 e. The molecule has 1 saturated carbocycles. The Labute approximate surface area is 171 Å². The van der Waals surface area contributed by atoms with Gasteiger partial charge in [0.05, 0.1) is 0 Å². The molecule has 28 heavy (non-hydrogen) atoms. The number of aryl methyl sites for hydroxylation is 1. The Balaban J connectivity index is 1.70. The first kappa shape index (κ1) is 19.0. The molecular weight excluding hydrogens is 372 g/mol. The van der Waals surface area contributed by atoms with Gasteiger partial charge in [0.25, 0.3) is 5.91 Å². The van der Waals surface area contributed by atoms with E-state index in [9.17, 15) is 9.59 Å². The molecule has 2 amide bonds. The fourth-order valence-electron chi connectivity index (χ4n) is 4.33. The lowest BCUT2D eigenvalue weighted by Gasteiger charge is -2.43. The van der Waals surface area contributed by atoms with Crippen LogP contribution in [0.5, 0.6) is 0 Å². The fraction of sp³-hybridized carbons (Fsp3) is 0.391. The van der Waals surface area contributed by atoms with E-state index in [1.165, 1.54) is 0 Å². The lowest BCUT2D eigenvalue weighted by atomic mass is 9.97. The predicted molar refractivity (Wildman–Crippen MR) is 110 cm³/mol. The summed E-state index contributed by atoms with van der Waals surface area (Å²) in [5, 5.41) is 0.614. The largest absolute Gasteiger partial charge is 0.328 e. The summed E-state index contributed by atoms with van der Waals surface area (Å²) >= 11 is 6.34. The van der Waals surface area contributed by atoms with E-state index in [0.29, 0.717) is 11.6 Å². The first-order chi connectivity index (χ1) is 13.5. The van der Waals surface area contributed by atoms with Crippen LogP contribution in [-0.4, -0.2) is 34.2 Å². The quantitative estimate of drug-likeness (QED) is 0.763. The molecule has 2 fully saturated rings. The van der Waals surface area contributed by atoms with E-state index in [2.05, 4.69) is 0 Å². The molecule has 0 aromatic heterocycles. The van der Waals surface area contributed by atoms with Crippen LogP contribution in [0.25, 0.3) is 0 Å². The zero-order chi connectivity index (χ0) is 19.7. The highest BCUT2D eigenvalue weighted by atomic mass is 35.5. The number of carbonyl (C=O) groups excluding carboxylic acids is 2. The Morgan fingerprint density at radius 2 is 1.68 bits per heavy atom. The molecule has 0 N–H and O–H groups in total. The van der Waals surface area contributed by atoms with Crippen LogP contribution in [0.15, 0.2) is 48.5 Å². The molecule has 2 aromatic rings. The number of amides is 2. The second kappa shape index (κ2) is 7.96.